The monoisotopic (exact) mass is 508 g/mol. The normalized spacial score (nSPS) is 11.6. The van der Waals surface area contributed by atoms with E-state index in [4.69, 9.17) is 0 Å². The van der Waals surface area contributed by atoms with E-state index in [1.807, 2.05) is 0 Å². The van der Waals surface area contributed by atoms with Crippen molar-refractivity contribution in [1.29, 1.82) is 0 Å². The third-order valence-electron chi connectivity index (χ3n) is 7.10. The fraction of sp³-hybridized carbons (Fsp3) is 0. The molecule has 0 spiro atoms. The number of benzene rings is 7. The molecule has 0 amide bonds. The average molecular weight is 509 g/mol. The molecule has 0 aliphatic heterocycles. The first-order chi connectivity index (χ1) is 17.3. The third-order valence-corrected chi connectivity index (χ3v) is 7.95. The average Bonchev–Trinajstić information content (AvgIpc) is 2.93. The number of halogens is 1. The van der Waals surface area contributed by atoms with E-state index in [1.54, 1.807) is 0 Å². The van der Waals surface area contributed by atoms with Gasteiger partial charge in [0, 0.05) is 4.47 Å². The highest BCUT2D eigenvalue weighted by Gasteiger charge is 2.16. The highest BCUT2D eigenvalue weighted by Crippen LogP contribution is 2.44. The molecule has 0 aliphatic rings. The molecule has 0 heterocycles. The molecule has 35 heavy (non-hydrogen) atoms. The Morgan fingerprint density at radius 2 is 0.971 bits per heavy atom. The lowest BCUT2D eigenvalue weighted by Crippen LogP contribution is -1.89. The van der Waals surface area contributed by atoms with Crippen molar-refractivity contribution < 1.29 is 0 Å². The lowest BCUT2D eigenvalue weighted by atomic mass is 9.88. The molecule has 0 N–H and O–H groups in total. The van der Waals surface area contributed by atoms with Crippen LogP contribution >= 0.6 is 15.9 Å². The Labute approximate surface area is 212 Å². The van der Waals surface area contributed by atoms with Gasteiger partial charge in [-0.05, 0) is 93.4 Å². The molecule has 0 nitrogen and oxygen atoms in total. The molecular formula is C34H21Br. The van der Waals surface area contributed by atoms with Gasteiger partial charge in [0.2, 0.25) is 0 Å². The van der Waals surface area contributed by atoms with Crippen molar-refractivity contribution in [3.63, 3.8) is 0 Å². The first-order valence-corrected chi connectivity index (χ1v) is 12.7. The van der Waals surface area contributed by atoms with E-state index in [0.717, 1.165) is 4.47 Å². The van der Waals surface area contributed by atoms with E-state index in [9.17, 15) is 0 Å². The van der Waals surface area contributed by atoms with Gasteiger partial charge in [0.1, 0.15) is 0 Å². The predicted octanol–water partition coefficient (Wildman–Crippen LogP) is 10.4. The molecule has 0 saturated heterocycles. The summed E-state index contributed by atoms with van der Waals surface area (Å²) < 4.78 is 1.15. The second-order valence-corrected chi connectivity index (χ2v) is 9.84. The van der Waals surface area contributed by atoms with Crippen LogP contribution in [0.1, 0.15) is 0 Å². The molecule has 0 atom stereocenters. The first-order valence-electron chi connectivity index (χ1n) is 11.9. The van der Waals surface area contributed by atoms with Gasteiger partial charge in [-0.2, -0.15) is 0 Å². The number of hydrogen-bond donors (Lipinski definition) is 0. The van der Waals surface area contributed by atoms with Crippen LogP contribution in [0.5, 0.6) is 0 Å². The Kier molecular flexibility index (Phi) is 4.72. The molecule has 164 valence electrons. The summed E-state index contributed by atoms with van der Waals surface area (Å²) in [6.07, 6.45) is 0. The van der Waals surface area contributed by atoms with Crippen molar-refractivity contribution in [1.82, 2.24) is 0 Å². The Bertz CT molecular complexity index is 1900. The molecule has 1 heteroatoms. The highest BCUT2D eigenvalue weighted by atomic mass is 79.9. The van der Waals surface area contributed by atoms with Gasteiger partial charge in [-0.1, -0.05) is 115 Å². The van der Waals surface area contributed by atoms with Crippen LogP contribution in [-0.2, 0) is 0 Å². The molecular weight excluding hydrogens is 488 g/mol. The second-order valence-electron chi connectivity index (χ2n) is 9.05. The summed E-state index contributed by atoms with van der Waals surface area (Å²) in [5.74, 6) is 0. The summed E-state index contributed by atoms with van der Waals surface area (Å²) >= 11 is 3.94. The first kappa shape index (κ1) is 20.4. The van der Waals surface area contributed by atoms with Crippen molar-refractivity contribution in [2.45, 2.75) is 0 Å². The van der Waals surface area contributed by atoms with Crippen LogP contribution in [0, 0.1) is 0 Å². The van der Waals surface area contributed by atoms with E-state index in [-0.39, 0.29) is 0 Å². The Morgan fingerprint density at radius 3 is 1.77 bits per heavy atom. The summed E-state index contributed by atoms with van der Waals surface area (Å²) in [6.45, 7) is 0. The topological polar surface area (TPSA) is 0 Å². The summed E-state index contributed by atoms with van der Waals surface area (Å²) in [5.41, 5.74) is 5.02. The van der Waals surface area contributed by atoms with Crippen molar-refractivity contribution >= 4 is 59.0 Å². The second kappa shape index (κ2) is 8.08. The fourth-order valence-corrected chi connectivity index (χ4v) is 6.19. The molecule has 7 rings (SSSR count). The van der Waals surface area contributed by atoms with Crippen molar-refractivity contribution in [3.8, 4) is 22.3 Å². The standard InChI is InChI=1S/C34H21Br/c35-34-29-17-9-8-16-28(29)33(22-10-2-1-3-11-22)32-21-24(18-19-30(32)34)31-20-23-12-4-5-13-25(23)26-14-6-7-15-27(26)31/h1-21H. The number of fused-ring (bicyclic) bond motifs is 5. The molecule has 7 aromatic carbocycles. The van der Waals surface area contributed by atoms with Crippen LogP contribution in [0.4, 0.5) is 0 Å². The SMILES string of the molecule is Brc1c2ccccc2c(-c2ccccc2)c2cc(-c3cc4ccccc4c4ccccc34)ccc12. The summed E-state index contributed by atoms with van der Waals surface area (Å²) in [7, 11) is 0. The molecule has 0 aliphatic carbocycles. The summed E-state index contributed by atoms with van der Waals surface area (Å²) in [6, 6.07) is 46.2. The Balaban J connectivity index is 1.62. The zero-order valence-electron chi connectivity index (χ0n) is 19.0. The van der Waals surface area contributed by atoms with Gasteiger partial charge in [-0.15, -0.1) is 0 Å². The van der Waals surface area contributed by atoms with Gasteiger partial charge >= 0.3 is 0 Å². The minimum atomic E-state index is 1.15. The van der Waals surface area contributed by atoms with Gasteiger partial charge < -0.3 is 0 Å². The molecule has 0 saturated carbocycles. The Morgan fingerprint density at radius 1 is 0.371 bits per heavy atom. The minimum Gasteiger partial charge on any atom is -0.0622 e. The predicted molar refractivity (Wildman–Crippen MR) is 155 cm³/mol. The zero-order chi connectivity index (χ0) is 23.4. The van der Waals surface area contributed by atoms with Crippen LogP contribution in [0.25, 0.3) is 65.3 Å². The summed E-state index contributed by atoms with van der Waals surface area (Å²) in [5, 5.41) is 10.1. The van der Waals surface area contributed by atoms with Crippen LogP contribution in [0.3, 0.4) is 0 Å². The van der Waals surface area contributed by atoms with Crippen molar-refractivity contribution in [2.24, 2.45) is 0 Å². The van der Waals surface area contributed by atoms with Crippen LogP contribution in [0.15, 0.2) is 132 Å². The lowest BCUT2D eigenvalue weighted by Gasteiger charge is -2.17. The van der Waals surface area contributed by atoms with Crippen LogP contribution in [-0.4, -0.2) is 0 Å². The zero-order valence-corrected chi connectivity index (χ0v) is 20.6. The van der Waals surface area contributed by atoms with Crippen LogP contribution in [0.2, 0.25) is 0 Å². The largest absolute Gasteiger partial charge is 0.0622 e. The van der Waals surface area contributed by atoms with Gasteiger partial charge in [0.05, 0.1) is 0 Å². The maximum atomic E-state index is 3.94. The van der Waals surface area contributed by atoms with E-state index < -0.39 is 0 Å². The van der Waals surface area contributed by atoms with Crippen LogP contribution < -0.4 is 0 Å². The highest BCUT2D eigenvalue weighted by molar-refractivity contribution is 9.10. The van der Waals surface area contributed by atoms with E-state index in [2.05, 4.69) is 143 Å². The van der Waals surface area contributed by atoms with Gasteiger partial charge in [-0.3, -0.25) is 0 Å². The maximum Gasteiger partial charge on any atom is 0.0332 e. The molecule has 0 unspecified atom stereocenters. The van der Waals surface area contributed by atoms with Gasteiger partial charge in [0.25, 0.3) is 0 Å². The quantitative estimate of drug-likeness (QED) is 0.161. The number of rotatable bonds is 2. The molecule has 0 fully saturated rings. The maximum absolute atomic E-state index is 3.94. The molecule has 0 radical (unpaired) electrons. The summed E-state index contributed by atoms with van der Waals surface area (Å²) in [4.78, 5) is 0. The molecule has 0 bridgehead atoms. The molecule has 7 aromatic rings. The van der Waals surface area contributed by atoms with Crippen molar-refractivity contribution in [2.75, 3.05) is 0 Å². The Hall–Kier alpha value is -3.94. The lowest BCUT2D eigenvalue weighted by molar-refractivity contribution is 1.66. The number of hydrogen-bond acceptors (Lipinski definition) is 0. The minimum absolute atomic E-state index is 1.15. The third kappa shape index (κ3) is 3.20. The van der Waals surface area contributed by atoms with Gasteiger partial charge in [-0.25, -0.2) is 0 Å². The smallest absolute Gasteiger partial charge is 0.0332 e. The van der Waals surface area contributed by atoms with Crippen molar-refractivity contribution in [3.05, 3.63) is 132 Å². The van der Waals surface area contributed by atoms with Gasteiger partial charge in [0.15, 0.2) is 0 Å². The fourth-order valence-electron chi connectivity index (χ4n) is 5.50. The van der Waals surface area contributed by atoms with E-state index in [1.165, 1.54) is 65.3 Å². The van der Waals surface area contributed by atoms with E-state index >= 15 is 0 Å². The molecule has 0 aromatic heterocycles. The van der Waals surface area contributed by atoms with E-state index in [0.29, 0.717) is 0 Å².